The first-order valence-electron chi connectivity index (χ1n) is 11.3. The van der Waals surface area contributed by atoms with Crippen LogP contribution in [0.4, 0.5) is 5.69 Å². The molecule has 2 atom stereocenters. The van der Waals surface area contributed by atoms with Gasteiger partial charge in [0.15, 0.2) is 0 Å². The van der Waals surface area contributed by atoms with Gasteiger partial charge in [-0.25, -0.2) is 0 Å². The highest BCUT2D eigenvalue weighted by molar-refractivity contribution is 6.30. The molecule has 0 spiro atoms. The molecule has 0 radical (unpaired) electrons. The molecule has 178 valence electrons. The van der Waals surface area contributed by atoms with E-state index in [9.17, 15) is 5.11 Å². The molecule has 2 aromatic carbocycles. The van der Waals surface area contributed by atoms with Gasteiger partial charge in [0.1, 0.15) is 0 Å². The van der Waals surface area contributed by atoms with Gasteiger partial charge < -0.3 is 27.6 Å². The predicted molar refractivity (Wildman–Crippen MR) is 138 cm³/mol. The molecule has 0 aliphatic rings. The maximum Gasteiger partial charge on any atom is 0.0595 e. The van der Waals surface area contributed by atoms with Crippen molar-refractivity contribution in [3.8, 4) is 0 Å². The van der Waals surface area contributed by atoms with Gasteiger partial charge in [-0.15, -0.1) is 0 Å². The molecule has 0 aliphatic heterocycles. The van der Waals surface area contributed by atoms with Crippen LogP contribution < -0.4 is 27.8 Å². The van der Waals surface area contributed by atoms with Gasteiger partial charge in [-0.2, -0.15) is 0 Å². The van der Waals surface area contributed by atoms with Crippen LogP contribution in [-0.2, 0) is 12.8 Å². The Morgan fingerprint density at radius 3 is 2.34 bits per heavy atom. The summed E-state index contributed by atoms with van der Waals surface area (Å²) in [6.07, 6.45) is 4.31. The van der Waals surface area contributed by atoms with E-state index >= 15 is 0 Å². The summed E-state index contributed by atoms with van der Waals surface area (Å²) in [5.41, 5.74) is 23.1. The van der Waals surface area contributed by atoms with Crippen molar-refractivity contribution in [1.29, 1.82) is 0 Å². The second kappa shape index (κ2) is 15.7. The number of aryl methyl sites for hydroxylation is 1. The van der Waals surface area contributed by atoms with Crippen molar-refractivity contribution in [2.45, 2.75) is 51.7 Å². The number of benzene rings is 2. The number of hydrogen-bond donors (Lipinski definition) is 6. The van der Waals surface area contributed by atoms with Crippen LogP contribution in [0.1, 0.15) is 49.4 Å². The first-order valence-corrected chi connectivity index (χ1v) is 11.7. The maximum atomic E-state index is 9.49. The Bertz CT molecular complexity index is 810. The molecule has 0 bridgehead atoms. The smallest absolute Gasteiger partial charge is 0.0595 e. The average Bonchev–Trinajstić information content (AvgIpc) is 2.82. The Kier molecular flexibility index (Phi) is 13.7. The molecule has 0 fully saturated rings. The molecular weight excluding hydrogens is 422 g/mol. The van der Waals surface area contributed by atoms with Gasteiger partial charge >= 0.3 is 0 Å². The van der Waals surface area contributed by atoms with Gasteiger partial charge in [-0.1, -0.05) is 55.8 Å². The van der Waals surface area contributed by atoms with Crippen molar-refractivity contribution in [1.82, 2.24) is 5.32 Å². The number of nitrogens with two attached hydrogens (primary N) is 3. The minimum absolute atomic E-state index is 0.00316. The lowest BCUT2D eigenvalue weighted by atomic mass is 9.94. The van der Waals surface area contributed by atoms with E-state index in [2.05, 4.69) is 34.9 Å². The third-order valence-corrected chi connectivity index (χ3v) is 5.35. The number of rotatable bonds is 12. The van der Waals surface area contributed by atoms with Crippen molar-refractivity contribution in [3.05, 3.63) is 76.0 Å². The first-order chi connectivity index (χ1) is 15.5. The third kappa shape index (κ3) is 8.81. The molecule has 0 amide bonds. The zero-order valence-corrected chi connectivity index (χ0v) is 20.3. The Morgan fingerprint density at radius 1 is 1.12 bits per heavy atom. The Morgan fingerprint density at radius 2 is 1.78 bits per heavy atom. The first kappa shape index (κ1) is 27.9. The maximum absolute atomic E-state index is 9.49. The zero-order valence-electron chi connectivity index (χ0n) is 19.6. The summed E-state index contributed by atoms with van der Waals surface area (Å²) in [6, 6.07) is 13.9. The Labute approximate surface area is 198 Å². The largest absolute Gasteiger partial charge is 0.405 e. The van der Waals surface area contributed by atoms with E-state index in [1.807, 2.05) is 39.1 Å². The number of aliphatic hydroxyl groups is 1. The van der Waals surface area contributed by atoms with Crippen LogP contribution in [0, 0.1) is 0 Å². The van der Waals surface area contributed by atoms with E-state index in [0.717, 1.165) is 35.2 Å². The number of nitrogens with one attached hydrogen (secondary N) is 2. The molecular formula is C25H40ClN5O. The van der Waals surface area contributed by atoms with Gasteiger partial charge in [0.2, 0.25) is 0 Å². The highest BCUT2D eigenvalue weighted by atomic mass is 35.5. The summed E-state index contributed by atoms with van der Waals surface area (Å²) in [5, 5.41) is 16.8. The van der Waals surface area contributed by atoms with Crippen LogP contribution in [-0.4, -0.2) is 31.5 Å². The van der Waals surface area contributed by atoms with Crippen molar-refractivity contribution in [2.75, 3.05) is 25.5 Å². The Hall–Kier alpha value is -2.09. The second-order valence-corrected chi connectivity index (χ2v) is 7.75. The van der Waals surface area contributed by atoms with Crippen LogP contribution in [0.3, 0.4) is 0 Å². The van der Waals surface area contributed by atoms with Gasteiger partial charge in [-0.3, -0.25) is 5.32 Å². The summed E-state index contributed by atoms with van der Waals surface area (Å²) in [5.74, 6) is 0. The van der Waals surface area contributed by atoms with Gasteiger partial charge in [0.25, 0.3) is 0 Å². The molecule has 6 nitrogen and oxygen atoms in total. The molecule has 2 aromatic rings. The Balaban J connectivity index is 0.00000249. The minimum atomic E-state index is -0.307. The fourth-order valence-corrected chi connectivity index (χ4v) is 3.69. The van der Waals surface area contributed by atoms with Crippen molar-refractivity contribution < 1.29 is 5.11 Å². The summed E-state index contributed by atoms with van der Waals surface area (Å²) in [6.45, 7) is 4.70. The normalized spacial score (nSPS) is 13.2. The number of aliphatic hydroxyl groups excluding tert-OH is 1. The second-order valence-electron chi connectivity index (χ2n) is 7.32. The molecule has 2 rings (SSSR count). The predicted octanol–water partition coefficient (Wildman–Crippen LogP) is 3.68. The lowest BCUT2D eigenvalue weighted by molar-refractivity contribution is 0.293. The highest BCUT2D eigenvalue weighted by Gasteiger charge is 2.22. The van der Waals surface area contributed by atoms with Crippen molar-refractivity contribution >= 4 is 17.3 Å². The molecule has 0 heterocycles. The van der Waals surface area contributed by atoms with E-state index < -0.39 is 0 Å². The fraction of sp³-hybridized carbons (Fsp3) is 0.440. The fourth-order valence-electron chi connectivity index (χ4n) is 3.52. The number of anilines is 1. The van der Waals surface area contributed by atoms with Crippen LogP contribution in [0.25, 0.3) is 0 Å². The lowest BCUT2D eigenvalue weighted by Crippen LogP contribution is -2.42. The minimum Gasteiger partial charge on any atom is -0.405 e. The monoisotopic (exact) mass is 461 g/mol. The molecule has 0 aromatic heterocycles. The molecule has 0 saturated heterocycles. The summed E-state index contributed by atoms with van der Waals surface area (Å²) in [7, 11) is 1.84. The molecule has 7 heteroatoms. The van der Waals surface area contributed by atoms with Crippen molar-refractivity contribution in [3.63, 3.8) is 0 Å². The van der Waals surface area contributed by atoms with Crippen LogP contribution in [0.5, 0.6) is 0 Å². The van der Waals surface area contributed by atoms with Crippen LogP contribution in [0.15, 0.2) is 54.2 Å². The molecule has 9 N–H and O–H groups in total. The quantitative estimate of drug-likeness (QED) is 0.268. The lowest BCUT2D eigenvalue weighted by Gasteiger charge is -2.28. The van der Waals surface area contributed by atoms with E-state index in [1.165, 1.54) is 5.56 Å². The summed E-state index contributed by atoms with van der Waals surface area (Å²) in [4.78, 5) is 0. The average molecular weight is 462 g/mol. The van der Waals surface area contributed by atoms with Gasteiger partial charge in [0, 0.05) is 30.8 Å². The van der Waals surface area contributed by atoms with Gasteiger partial charge in [-0.05, 0) is 66.4 Å². The van der Waals surface area contributed by atoms with E-state index in [4.69, 9.17) is 28.8 Å². The molecule has 2 unspecified atom stereocenters. The zero-order chi connectivity index (χ0) is 23.9. The number of halogens is 1. The molecule has 32 heavy (non-hydrogen) atoms. The van der Waals surface area contributed by atoms with E-state index in [0.29, 0.717) is 24.4 Å². The van der Waals surface area contributed by atoms with Crippen LogP contribution in [0.2, 0.25) is 5.02 Å². The standard InChI is InChI=1S/C23H34ClN5O.C2H6/c1-28-21-14-19(24)8-9-20(21)23(18(15-26)10-12-30)29-22(27)13-17-6-4-16(5-7-17)3-2-11-25;1-2/h4-9,14-15,22-23,28-30H,2-3,10-13,25-27H2,1H3;1-2H3/b18-15-;. The van der Waals surface area contributed by atoms with Gasteiger partial charge in [0.05, 0.1) is 12.2 Å². The summed E-state index contributed by atoms with van der Waals surface area (Å²) >= 11 is 6.16. The SMILES string of the molecule is CC.CNc1cc(Cl)ccc1C(NC(N)Cc1ccc(CCCN)cc1)/C(=C\N)CCO. The summed E-state index contributed by atoms with van der Waals surface area (Å²) < 4.78 is 0. The molecule has 0 saturated carbocycles. The number of hydrogen-bond acceptors (Lipinski definition) is 6. The van der Waals surface area contributed by atoms with Crippen molar-refractivity contribution in [2.24, 2.45) is 17.2 Å². The van der Waals surface area contributed by atoms with E-state index in [1.54, 1.807) is 6.20 Å². The topological polar surface area (TPSA) is 122 Å². The van der Waals surface area contributed by atoms with E-state index in [-0.39, 0.29) is 18.8 Å². The van der Waals surface area contributed by atoms with Crippen LogP contribution >= 0.6 is 11.6 Å². The molecule has 0 aliphatic carbocycles. The third-order valence-electron chi connectivity index (χ3n) is 5.11. The highest BCUT2D eigenvalue weighted by Crippen LogP contribution is 2.32.